The Morgan fingerprint density at radius 1 is 1.30 bits per heavy atom. The zero-order valence-electron chi connectivity index (χ0n) is 16.7. The van der Waals surface area contributed by atoms with E-state index >= 15 is 0 Å². The lowest BCUT2D eigenvalue weighted by atomic mass is 10.2. The van der Waals surface area contributed by atoms with Crippen molar-refractivity contribution < 1.29 is 9.21 Å². The fraction of sp³-hybridized carbons (Fsp3) is 0.238. The number of nitrogens with one attached hydrogen (secondary N) is 1. The lowest BCUT2D eigenvalue weighted by molar-refractivity contribution is -0.123. The van der Waals surface area contributed by atoms with Crippen molar-refractivity contribution >= 4 is 51.7 Å². The molecule has 4 heterocycles. The first kappa shape index (κ1) is 20.4. The Kier molecular flexibility index (Phi) is 5.48. The second-order valence-electron chi connectivity index (χ2n) is 7.14. The largest absolute Gasteiger partial charge is 0.467 e. The van der Waals surface area contributed by atoms with Crippen LogP contribution in [0.1, 0.15) is 30.7 Å². The maximum absolute atomic E-state index is 13.3. The molecule has 1 N–H and O–H groups in total. The molecule has 0 atom stereocenters. The summed E-state index contributed by atoms with van der Waals surface area (Å²) in [5, 5.41) is 3.18. The van der Waals surface area contributed by atoms with Crippen LogP contribution in [0.4, 0.5) is 5.82 Å². The molecule has 0 bridgehead atoms. The Hall–Kier alpha value is -2.91. The van der Waals surface area contributed by atoms with Crippen molar-refractivity contribution in [3.8, 4) is 0 Å². The summed E-state index contributed by atoms with van der Waals surface area (Å²) in [6.45, 7) is 6.05. The summed E-state index contributed by atoms with van der Waals surface area (Å²) in [7, 11) is 0. The van der Waals surface area contributed by atoms with E-state index in [0.717, 1.165) is 5.56 Å². The molecule has 1 saturated heterocycles. The van der Waals surface area contributed by atoms with E-state index in [1.165, 1.54) is 16.2 Å². The van der Waals surface area contributed by atoms with Gasteiger partial charge in [0.2, 0.25) is 0 Å². The van der Waals surface area contributed by atoms with Crippen LogP contribution in [0.5, 0.6) is 0 Å². The highest BCUT2D eigenvalue weighted by Gasteiger charge is 2.34. The third-order valence-electron chi connectivity index (χ3n) is 4.71. The molecular weight excluding hydrogens is 420 g/mol. The van der Waals surface area contributed by atoms with E-state index in [-0.39, 0.29) is 17.5 Å². The second kappa shape index (κ2) is 8.08. The molecular formula is C21H20N4O3S2. The van der Waals surface area contributed by atoms with E-state index in [2.05, 4.69) is 10.3 Å². The number of hydrogen-bond acceptors (Lipinski definition) is 7. The van der Waals surface area contributed by atoms with Gasteiger partial charge in [-0.25, -0.2) is 4.98 Å². The number of carbonyl (C=O) groups is 1. The molecule has 9 heteroatoms. The summed E-state index contributed by atoms with van der Waals surface area (Å²) in [6.07, 6.45) is 4.84. The predicted molar refractivity (Wildman–Crippen MR) is 122 cm³/mol. The van der Waals surface area contributed by atoms with Gasteiger partial charge in [0.25, 0.3) is 11.5 Å². The van der Waals surface area contributed by atoms with Gasteiger partial charge in [-0.05, 0) is 50.6 Å². The fourth-order valence-electron chi connectivity index (χ4n) is 3.22. The van der Waals surface area contributed by atoms with E-state index in [1.54, 1.807) is 35.6 Å². The van der Waals surface area contributed by atoms with E-state index in [4.69, 9.17) is 16.6 Å². The van der Waals surface area contributed by atoms with Crippen molar-refractivity contribution in [1.82, 2.24) is 14.3 Å². The highest BCUT2D eigenvalue weighted by Crippen LogP contribution is 2.34. The molecule has 1 aliphatic heterocycles. The molecule has 7 nitrogen and oxygen atoms in total. The minimum atomic E-state index is -0.263. The third kappa shape index (κ3) is 3.66. The van der Waals surface area contributed by atoms with Crippen LogP contribution in [0, 0.1) is 6.92 Å². The molecule has 3 aromatic heterocycles. The first-order chi connectivity index (χ1) is 14.4. The van der Waals surface area contributed by atoms with E-state index < -0.39 is 0 Å². The number of hydrogen-bond donors (Lipinski definition) is 1. The first-order valence-corrected chi connectivity index (χ1v) is 10.6. The molecule has 0 unspecified atom stereocenters. The summed E-state index contributed by atoms with van der Waals surface area (Å²) >= 11 is 6.55. The van der Waals surface area contributed by atoms with Crippen molar-refractivity contribution in [2.24, 2.45) is 0 Å². The van der Waals surface area contributed by atoms with Gasteiger partial charge in [0, 0.05) is 12.2 Å². The number of aryl methyl sites for hydroxylation is 1. The van der Waals surface area contributed by atoms with Crippen LogP contribution >= 0.6 is 24.0 Å². The van der Waals surface area contributed by atoms with Crippen LogP contribution in [-0.4, -0.2) is 30.6 Å². The number of carbonyl (C=O) groups excluding carboxylic acids is 1. The lowest BCUT2D eigenvalue weighted by Crippen LogP contribution is -2.34. The number of nitrogens with zero attached hydrogens (tertiary/aromatic N) is 3. The van der Waals surface area contributed by atoms with Crippen LogP contribution in [0.15, 0.2) is 50.8 Å². The Bertz CT molecular complexity index is 1230. The van der Waals surface area contributed by atoms with E-state index in [0.29, 0.717) is 38.6 Å². The molecule has 154 valence electrons. The number of thioether (sulfide) groups is 1. The molecule has 0 spiro atoms. The van der Waals surface area contributed by atoms with Crippen molar-refractivity contribution in [2.75, 3.05) is 5.32 Å². The van der Waals surface area contributed by atoms with Gasteiger partial charge in [0.05, 0.1) is 23.3 Å². The van der Waals surface area contributed by atoms with Gasteiger partial charge in [-0.3, -0.25) is 18.9 Å². The summed E-state index contributed by atoms with van der Waals surface area (Å²) in [5.74, 6) is 0.894. The zero-order chi connectivity index (χ0) is 21.4. The average molecular weight is 441 g/mol. The van der Waals surface area contributed by atoms with Crippen molar-refractivity contribution in [2.45, 2.75) is 33.4 Å². The Labute approximate surface area is 182 Å². The Morgan fingerprint density at radius 2 is 2.10 bits per heavy atom. The summed E-state index contributed by atoms with van der Waals surface area (Å²) in [5.41, 5.74) is 1.46. The SMILES string of the molecule is Cc1cccn2c(=O)c(/C=C3\SC(=S)N(C(C)C)C3=O)c(NCc3ccco3)nc12. The van der Waals surface area contributed by atoms with Gasteiger partial charge in [-0.2, -0.15) is 0 Å². The topological polar surface area (TPSA) is 79.9 Å². The molecule has 0 radical (unpaired) electrons. The van der Waals surface area contributed by atoms with Gasteiger partial charge in [0.1, 0.15) is 21.5 Å². The highest BCUT2D eigenvalue weighted by molar-refractivity contribution is 8.26. The minimum Gasteiger partial charge on any atom is -0.467 e. The standard InChI is InChI=1S/C21H20N4O3S2/c1-12(2)25-20(27)16(30-21(25)29)10-15-17(22-11-14-7-5-9-28-14)23-18-13(3)6-4-8-24(18)19(15)26/h4-10,12,22H,11H2,1-3H3/b16-10-. The van der Waals surface area contributed by atoms with Gasteiger partial charge < -0.3 is 9.73 Å². The Morgan fingerprint density at radius 3 is 2.77 bits per heavy atom. The summed E-state index contributed by atoms with van der Waals surface area (Å²) < 4.78 is 7.34. The number of aromatic nitrogens is 2. The molecule has 30 heavy (non-hydrogen) atoms. The average Bonchev–Trinajstić information content (AvgIpc) is 3.31. The van der Waals surface area contributed by atoms with Crippen molar-refractivity contribution in [3.63, 3.8) is 0 Å². The molecule has 3 aromatic rings. The quantitative estimate of drug-likeness (QED) is 0.477. The van der Waals surface area contributed by atoms with Crippen LogP contribution < -0.4 is 10.9 Å². The van der Waals surface area contributed by atoms with Crippen molar-refractivity contribution in [1.29, 1.82) is 0 Å². The molecule has 1 fully saturated rings. The highest BCUT2D eigenvalue weighted by atomic mass is 32.2. The van der Waals surface area contributed by atoms with E-state index in [9.17, 15) is 9.59 Å². The maximum Gasteiger partial charge on any atom is 0.267 e. The van der Waals surface area contributed by atoms with Crippen LogP contribution in [-0.2, 0) is 11.3 Å². The van der Waals surface area contributed by atoms with Crippen LogP contribution in [0.3, 0.4) is 0 Å². The number of thiocarbonyl (C=S) groups is 1. The lowest BCUT2D eigenvalue weighted by Gasteiger charge is -2.18. The molecule has 1 amide bonds. The molecule has 0 aliphatic carbocycles. The number of fused-ring (bicyclic) bond motifs is 1. The van der Waals surface area contributed by atoms with Crippen LogP contribution in [0.2, 0.25) is 0 Å². The normalized spacial score (nSPS) is 15.7. The van der Waals surface area contributed by atoms with Gasteiger partial charge in [0.15, 0.2) is 0 Å². The van der Waals surface area contributed by atoms with Crippen LogP contribution in [0.25, 0.3) is 11.7 Å². The summed E-state index contributed by atoms with van der Waals surface area (Å²) in [4.78, 5) is 32.8. The number of furan rings is 1. The predicted octanol–water partition coefficient (Wildman–Crippen LogP) is 3.82. The molecule has 0 aromatic carbocycles. The van der Waals surface area contributed by atoms with Crippen molar-refractivity contribution in [3.05, 3.63) is 68.9 Å². The smallest absolute Gasteiger partial charge is 0.267 e. The number of amides is 1. The second-order valence-corrected chi connectivity index (χ2v) is 8.82. The third-order valence-corrected chi connectivity index (χ3v) is 6.04. The van der Waals surface area contributed by atoms with Gasteiger partial charge >= 0.3 is 0 Å². The Balaban J connectivity index is 1.84. The van der Waals surface area contributed by atoms with Gasteiger partial charge in [-0.15, -0.1) is 0 Å². The molecule has 0 saturated carbocycles. The zero-order valence-corrected chi connectivity index (χ0v) is 18.3. The minimum absolute atomic E-state index is 0.0570. The number of pyridine rings is 1. The molecule has 1 aliphatic rings. The number of anilines is 1. The fourth-order valence-corrected chi connectivity index (χ4v) is 4.72. The molecule has 4 rings (SSSR count). The van der Waals surface area contributed by atoms with E-state index in [1.807, 2.05) is 32.9 Å². The van der Waals surface area contributed by atoms with Gasteiger partial charge in [-0.1, -0.05) is 30.0 Å². The first-order valence-electron chi connectivity index (χ1n) is 9.42. The summed E-state index contributed by atoms with van der Waals surface area (Å²) in [6, 6.07) is 7.26. The number of rotatable bonds is 5. The monoisotopic (exact) mass is 440 g/mol. The maximum atomic E-state index is 13.3.